The molecular weight excluding hydrogens is 219 g/mol. The van der Waals surface area contributed by atoms with Gasteiger partial charge in [-0.25, -0.2) is 0 Å². The number of rotatable bonds is 2. The maximum atomic E-state index is 3.68. The van der Waals surface area contributed by atoms with E-state index in [4.69, 9.17) is 0 Å². The standard InChI is InChI=1S/C5H12N.BrH.Zn/c1-4-5-6(2)3;;/h1,4-5H2,2-3H3;1H;/q-1;;+2/p-1. The minimum absolute atomic E-state index is 1.01. The quantitative estimate of drug-likeness (QED) is 0.516. The van der Waals surface area contributed by atoms with Gasteiger partial charge >= 0.3 is 30.0 Å². The van der Waals surface area contributed by atoms with E-state index in [1.165, 1.54) is 16.3 Å². The van der Waals surface area contributed by atoms with Crippen molar-refractivity contribution in [3.8, 4) is 0 Å². The van der Waals surface area contributed by atoms with E-state index in [9.17, 15) is 0 Å². The fourth-order valence-corrected chi connectivity index (χ4v) is 0.316. The summed E-state index contributed by atoms with van der Waals surface area (Å²) < 4.78 is 0. The third-order valence-electron chi connectivity index (χ3n) is 0.605. The molecule has 0 heterocycles. The Morgan fingerprint density at radius 3 is 1.88 bits per heavy atom. The first-order valence-corrected chi connectivity index (χ1v) is 9.43. The molecule has 0 N–H and O–H groups in total. The second kappa shape index (κ2) is 10.9. The van der Waals surface area contributed by atoms with Gasteiger partial charge < -0.3 is 11.8 Å². The Morgan fingerprint density at radius 1 is 1.50 bits per heavy atom. The first-order chi connectivity index (χ1) is 3.77. The van der Waals surface area contributed by atoms with Crippen LogP contribution in [0.25, 0.3) is 0 Å². The summed E-state index contributed by atoms with van der Waals surface area (Å²) in [6.45, 7) is 4.78. The van der Waals surface area contributed by atoms with Crippen LogP contribution in [0.3, 0.4) is 0 Å². The molecule has 0 aromatic rings. The van der Waals surface area contributed by atoms with E-state index in [1.54, 1.807) is 0 Å². The van der Waals surface area contributed by atoms with Crippen molar-refractivity contribution in [2.24, 2.45) is 0 Å². The zero-order chi connectivity index (χ0) is 6.99. The molecule has 0 unspecified atom stereocenters. The summed E-state index contributed by atoms with van der Waals surface area (Å²) in [5, 5.41) is 0. The molecule has 0 rings (SSSR count). The Hall–Kier alpha value is 1.06. The van der Waals surface area contributed by atoms with Crippen LogP contribution in [0.4, 0.5) is 0 Å². The molecule has 0 aliphatic heterocycles. The van der Waals surface area contributed by atoms with Crippen LogP contribution in [0.1, 0.15) is 6.42 Å². The molecule has 0 aliphatic carbocycles. The molecular formula is C5H12BrNZn. The number of hydrogen-bond acceptors (Lipinski definition) is 1. The van der Waals surface area contributed by atoms with E-state index in [2.05, 4.69) is 25.4 Å². The van der Waals surface area contributed by atoms with Gasteiger partial charge in [-0.05, 0) is 20.6 Å². The molecule has 0 spiro atoms. The van der Waals surface area contributed by atoms with Crippen LogP contribution in [-0.4, -0.2) is 25.5 Å². The SMILES string of the molecule is [CH2-]CCN(C)C.[Zn+][Br]. The molecule has 0 aliphatic rings. The molecule has 0 saturated carbocycles. The van der Waals surface area contributed by atoms with Crippen LogP contribution in [-0.2, 0) is 16.3 Å². The summed E-state index contributed by atoms with van der Waals surface area (Å²) in [7, 11) is 4.09. The van der Waals surface area contributed by atoms with Crippen LogP contribution in [0.5, 0.6) is 0 Å². The summed E-state index contributed by atoms with van der Waals surface area (Å²) in [6, 6.07) is 0. The van der Waals surface area contributed by atoms with Gasteiger partial charge in [0.2, 0.25) is 0 Å². The van der Waals surface area contributed by atoms with E-state index >= 15 is 0 Å². The van der Waals surface area contributed by atoms with E-state index in [-0.39, 0.29) is 0 Å². The predicted molar refractivity (Wildman–Crippen MR) is 37.5 cm³/mol. The van der Waals surface area contributed by atoms with Gasteiger partial charge in [-0.1, -0.05) is 0 Å². The number of halogens is 1. The topological polar surface area (TPSA) is 3.24 Å². The Labute approximate surface area is 68.9 Å². The second-order valence-corrected chi connectivity index (χ2v) is 1.66. The van der Waals surface area contributed by atoms with Crippen molar-refractivity contribution >= 4 is 13.6 Å². The van der Waals surface area contributed by atoms with Gasteiger partial charge in [0.15, 0.2) is 0 Å². The molecule has 46 valence electrons. The zero-order valence-corrected chi connectivity index (χ0v) is 10.2. The summed E-state index contributed by atoms with van der Waals surface area (Å²) in [5.41, 5.74) is 0. The van der Waals surface area contributed by atoms with Crippen LogP contribution in [0.15, 0.2) is 0 Å². The van der Waals surface area contributed by atoms with Crippen LogP contribution >= 0.6 is 13.6 Å². The van der Waals surface area contributed by atoms with Crippen molar-refractivity contribution in [3.63, 3.8) is 0 Å². The summed E-state index contributed by atoms with van der Waals surface area (Å²) in [4.78, 5) is 2.12. The fourth-order valence-electron chi connectivity index (χ4n) is 0.316. The van der Waals surface area contributed by atoms with E-state index in [0.29, 0.717) is 0 Å². The van der Waals surface area contributed by atoms with Gasteiger partial charge in [-0.2, -0.15) is 6.42 Å². The molecule has 0 fully saturated rings. The molecule has 0 bridgehead atoms. The molecule has 0 aromatic carbocycles. The zero-order valence-electron chi connectivity index (χ0n) is 5.65. The van der Waals surface area contributed by atoms with Crippen LogP contribution < -0.4 is 0 Å². The van der Waals surface area contributed by atoms with Gasteiger partial charge in [0.05, 0.1) is 0 Å². The second-order valence-electron chi connectivity index (χ2n) is 1.66. The molecule has 0 radical (unpaired) electrons. The summed E-state index contributed by atoms with van der Waals surface area (Å²) >= 11 is 4.25. The third kappa shape index (κ3) is 15.7. The normalized spacial score (nSPS) is 8.38. The first kappa shape index (κ1) is 11.8. The van der Waals surface area contributed by atoms with E-state index < -0.39 is 0 Å². The molecule has 0 amide bonds. The Kier molecular flexibility index (Phi) is 16.2. The number of nitrogens with zero attached hydrogens (tertiary/aromatic N) is 1. The maximum absolute atomic E-state index is 3.68. The molecule has 1 nitrogen and oxygen atoms in total. The van der Waals surface area contributed by atoms with Crippen molar-refractivity contribution in [3.05, 3.63) is 6.92 Å². The Bertz CT molecular complexity index is 33.6. The Balaban J connectivity index is 0. The van der Waals surface area contributed by atoms with E-state index in [0.717, 1.165) is 13.0 Å². The third-order valence-corrected chi connectivity index (χ3v) is 0.605. The van der Waals surface area contributed by atoms with Crippen LogP contribution in [0, 0.1) is 6.92 Å². The van der Waals surface area contributed by atoms with Crippen molar-refractivity contribution in [1.82, 2.24) is 4.90 Å². The monoisotopic (exact) mass is 229 g/mol. The summed E-state index contributed by atoms with van der Waals surface area (Å²) in [6.07, 6.45) is 1.01. The van der Waals surface area contributed by atoms with E-state index in [1.807, 2.05) is 14.1 Å². The van der Waals surface area contributed by atoms with Crippen molar-refractivity contribution < 1.29 is 16.3 Å². The van der Waals surface area contributed by atoms with Crippen molar-refractivity contribution in [2.75, 3.05) is 20.6 Å². The number of hydrogen-bond donors (Lipinski definition) is 0. The average molecular weight is 231 g/mol. The predicted octanol–water partition coefficient (Wildman–Crippen LogP) is 1.62. The molecule has 0 saturated heterocycles. The molecule has 0 atom stereocenters. The molecule has 8 heavy (non-hydrogen) atoms. The fraction of sp³-hybridized carbons (Fsp3) is 0.800. The van der Waals surface area contributed by atoms with Gasteiger partial charge in [-0.15, -0.1) is 0 Å². The molecule has 3 heteroatoms. The van der Waals surface area contributed by atoms with Gasteiger partial charge in [0, 0.05) is 0 Å². The minimum atomic E-state index is 1.01. The summed E-state index contributed by atoms with van der Waals surface area (Å²) in [5.74, 6) is 0. The van der Waals surface area contributed by atoms with Gasteiger partial charge in [0.1, 0.15) is 0 Å². The average Bonchev–Trinajstić information content (AvgIpc) is 1.72. The molecule has 0 aromatic heterocycles. The Morgan fingerprint density at radius 2 is 1.88 bits per heavy atom. The van der Waals surface area contributed by atoms with Crippen molar-refractivity contribution in [1.29, 1.82) is 0 Å². The van der Waals surface area contributed by atoms with Crippen molar-refractivity contribution in [2.45, 2.75) is 6.42 Å². The van der Waals surface area contributed by atoms with Gasteiger partial charge in [-0.3, -0.25) is 0 Å². The van der Waals surface area contributed by atoms with Gasteiger partial charge in [0.25, 0.3) is 0 Å². The first-order valence-electron chi connectivity index (χ1n) is 2.48. The van der Waals surface area contributed by atoms with Crippen LogP contribution in [0.2, 0.25) is 0 Å².